The van der Waals surface area contributed by atoms with Crippen LogP contribution >= 0.6 is 11.8 Å². The highest BCUT2D eigenvalue weighted by atomic mass is 32.2. The lowest BCUT2D eigenvalue weighted by Gasteiger charge is -2.10. The zero-order valence-corrected chi connectivity index (χ0v) is 15.0. The number of rotatable bonds is 6. The summed E-state index contributed by atoms with van der Waals surface area (Å²) in [5.74, 6) is -3.00. The molecule has 2 aromatic rings. The van der Waals surface area contributed by atoms with Gasteiger partial charge >= 0.3 is 0 Å². The van der Waals surface area contributed by atoms with E-state index in [9.17, 15) is 22.0 Å². The molecule has 2 N–H and O–H groups in total. The number of sulfonamides is 1. The maximum atomic E-state index is 12.3. The van der Waals surface area contributed by atoms with Crippen molar-refractivity contribution < 1.29 is 22.0 Å². The van der Waals surface area contributed by atoms with E-state index in [-0.39, 0.29) is 10.5 Å². The zero-order chi connectivity index (χ0) is 18.6. The molecular weight excluding hydrogens is 370 g/mol. The molecule has 0 spiro atoms. The van der Waals surface area contributed by atoms with Crippen LogP contribution in [-0.4, -0.2) is 27.1 Å². The fourth-order valence-electron chi connectivity index (χ4n) is 2.07. The molecule has 0 aliphatic heterocycles. The van der Waals surface area contributed by atoms with Gasteiger partial charge in [0.2, 0.25) is 10.0 Å². The number of alkyl halides is 2. The highest BCUT2D eigenvalue weighted by molar-refractivity contribution is 7.99. The van der Waals surface area contributed by atoms with Crippen LogP contribution in [0.1, 0.15) is 15.9 Å². The molecule has 2 rings (SSSR count). The van der Waals surface area contributed by atoms with Gasteiger partial charge in [0, 0.05) is 16.1 Å². The molecule has 2 aromatic carbocycles. The van der Waals surface area contributed by atoms with Gasteiger partial charge in [-0.25, -0.2) is 13.1 Å². The van der Waals surface area contributed by atoms with Gasteiger partial charge in [-0.3, -0.25) is 4.79 Å². The molecule has 0 saturated carbocycles. The summed E-state index contributed by atoms with van der Waals surface area (Å²) in [6, 6.07) is 10.2. The van der Waals surface area contributed by atoms with Gasteiger partial charge in [0.1, 0.15) is 0 Å². The number of nitrogens with one attached hydrogen (secondary N) is 2. The molecule has 25 heavy (non-hydrogen) atoms. The first-order chi connectivity index (χ1) is 11.7. The second-order valence-electron chi connectivity index (χ2n) is 5.04. The van der Waals surface area contributed by atoms with Crippen molar-refractivity contribution in [2.75, 3.05) is 12.4 Å². The van der Waals surface area contributed by atoms with Crippen molar-refractivity contribution in [1.82, 2.24) is 4.72 Å². The average Bonchev–Trinajstić information content (AvgIpc) is 2.56. The Balaban J connectivity index is 2.19. The van der Waals surface area contributed by atoms with E-state index in [1.165, 1.54) is 37.4 Å². The van der Waals surface area contributed by atoms with Gasteiger partial charge in [-0.2, -0.15) is 8.78 Å². The van der Waals surface area contributed by atoms with E-state index in [0.29, 0.717) is 27.9 Å². The van der Waals surface area contributed by atoms with Crippen LogP contribution in [0.15, 0.2) is 52.3 Å². The Morgan fingerprint density at radius 2 is 1.76 bits per heavy atom. The third kappa shape index (κ3) is 5.00. The topological polar surface area (TPSA) is 75.3 Å². The molecule has 0 bridgehead atoms. The van der Waals surface area contributed by atoms with E-state index in [1.807, 2.05) is 0 Å². The molecule has 0 aliphatic carbocycles. The van der Waals surface area contributed by atoms with Gasteiger partial charge in [-0.1, -0.05) is 17.8 Å². The van der Waals surface area contributed by atoms with Crippen LogP contribution in [-0.2, 0) is 10.0 Å². The highest BCUT2D eigenvalue weighted by Crippen LogP contribution is 2.25. The number of hydrogen-bond acceptors (Lipinski definition) is 4. The van der Waals surface area contributed by atoms with E-state index in [2.05, 4.69) is 10.0 Å². The molecule has 0 unspecified atom stereocenters. The van der Waals surface area contributed by atoms with E-state index >= 15 is 0 Å². The fourth-order valence-corrected chi connectivity index (χ4v) is 3.56. The number of carbonyl (C=O) groups is 1. The number of amides is 1. The predicted molar refractivity (Wildman–Crippen MR) is 93.7 cm³/mol. The van der Waals surface area contributed by atoms with E-state index in [4.69, 9.17) is 0 Å². The van der Waals surface area contributed by atoms with Crippen molar-refractivity contribution in [3.8, 4) is 0 Å². The molecule has 0 aliphatic rings. The normalized spacial score (nSPS) is 11.6. The number of halogens is 2. The lowest BCUT2D eigenvalue weighted by atomic mass is 10.2. The summed E-state index contributed by atoms with van der Waals surface area (Å²) in [5, 5.41) is 2.60. The van der Waals surface area contributed by atoms with Gasteiger partial charge in [-0.05, 0) is 55.9 Å². The molecule has 0 radical (unpaired) electrons. The van der Waals surface area contributed by atoms with Gasteiger partial charge < -0.3 is 5.32 Å². The van der Waals surface area contributed by atoms with Crippen molar-refractivity contribution in [2.24, 2.45) is 0 Å². The quantitative estimate of drug-likeness (QED) is 0.746. The predicted octanol–water partition coefficient (Wildman–Crippen LogP) is 3.47. The molecule has 0 saturated heterocycles. The van der Waals surface area contributed by atoms with E-state index in [1.54, 1.807) is 19.1 Å². The van der Waals surface area contributed by atoms with Crippen LogP contribution in [0.3, 0.4) is 0 Å². The van der Waals surface area contributed by atoms with E-state index in [0.717, 1.165) is 0 Å². The van der Waals surface area contributed by atoms with Gasteiger partial charge in [0.25, 0.3) is 11.7 Å². The van der Waals surface area contributed by atoms with Crippen LogP contribution in [0.5, 0.6) is 0 Å². The molecule has 0 aromatic heterocycles. The van der Waals surface area contributed by atoms with Crippen molar-refractivity contribution in [3.05, 3.63) is 53.6 Å². The Bertz CT molecular complexity index is 869. The smallest absolute Gasteiger partial charge is 0.288 e. The molecule has 134 valence electrons. The zero-order valence-electron chi connectivity index (χ0n) is 13.4. The Kier molecular flexibility index (Phi) is 6.15. The molecule has 0 fully saturated rings. The van der Waals surface area contributed by atoms with Gasteiger partial charge in [-0.15, -0.1) is 0 Å². The van der Waals surface area contributed by atoms with Gasteiger partial charge in [0.15, 0.2) is 0 Å². The number of hydrogen-bond donors (Lipinski definition) is 2. The number of thioether (sulfide) groups is 1. The maximum absolute atomic E-state index is 12.3. The van der Waals surface area contributed by atoms with Crippen molar-refractivity contribution in [1.29, 1.82) is 0 Å². The minimum Gasteiger partial charge on any atom is -0.322 e. The van der Waals surface area contributed by atoms with Crippen LogP contribution < -0.4 is 10.0 Å². The number of anilines is 1. The summed E-state index contributed by atoms with van der Waals surface area (Å²) in [7, 11) is -2.34. The second kappa shape index (κ2) is 7.94. The monoisotopic (exact) mass is 386 g/mol. The lowest BCUT2D eigenvalue weighted by molar-refractivity contribution is 0.102. The summed E-state index contributed by atoms with van der Waals surface area (Å²) < 4.78 is 50.7. The third-order valence-corrected chi connectivity index (χ3v) is 5.62. The molecule has 9 heteroatoms. The molecule has 0 heterocycles. The standard InChI is InChI=1S/C16H16F2N2O3S2/c1-10-3-6-12(9-14(10)25(22,23)19-2)20-15(21)11-4-7-13(8-5-11)24-16(17)18/h3-9,16,19H,1-2H3,(H,20,21). The Morgan fingerprint density at radius 1 is 1.12 bits per heavy atom. The number of carbonyl (C=O) groups excluding carboxylic acids is 1. The Labute approximate surface area is 148 Å². The van der Waals surface area contributed by atoms with Crippen LogP contribution in [0.2, 0.25) is 0 Å². The summed E-state index contributed by atoms with van der Waals surface area (Å²) in [6.45, 7) is 1.65. The van der Waals surface area contributed by atoms with Crippen molar-refractivity contribution >= 4 is 33.4 Å². The molecule has 0 atom stereocenters. The highest BCUT2D eigenvalue weighted by Gasteiger charge is 2.16. The van der Waals surface area contributed by atoms with Crippen molar-refractivity contribution in [3.63, 3.8) is 0 Å². The minimum absolute atomic E-state index is 0.0662. The summed E-state index contributed by atoms with van der Waals surface area (Å²) in [5.41, 5.74) is 1.13. The van der Waals surface area contributed by atoms with E-state index < -0.39 is 21.7 Å². The summed E-state index contributed by atoms with van der Waals surface area (Å²) >= 11 is 0.393. The fraction of sp³-hybridized carbons (Fsp3) is 0.188. The first-order valence-electron chi connectivity index (χ1n) is 7.13. The minimum atomic E-state index is -3.64. The largest absolute Gasteiger partial charge is 0.322 e. The molecule has 1 amide bonds. The Morgan fingerprint density at radius 3 is 2.32 bits per heavy atom. The molecule has 5 nitrogen and oxygen atoms in total. The van der Waals surface area contributed by atoms with Gasteiger partial charge in [0.05, 0.1) is 4.90 Å². The SMILES string of the molecule is CNS(=O)(=O)c1cc(NC(=O)c2ccc(SC(F)F)cc2)ccc1C. The number of aryl methyl sites for hydroxylation is 1. The average molecular weight is 386 g/mol. The Hall–Kier alpha value is -1.97. The first-order valence-corrected chi connectivity index (χ1v) is 9.49. The summed E-state index contributed by atoms with van der Waals surface area (Å²) in [4.78, 5) is 12.6. The third-order valence-electron chi connectivity index (χ3n) is 3.35. The molecular formula is C16H16F2N2O3S2. The lowest BCUT2D eigenvalue weighted by Crippen LogP contribution is -2.20. The van der Waals surface area contributed by atoms with Crippen LogP contribution in [0.4, 0.5) is 14.5 Å². The van der Waals surface area contributed by atoms with Crippen LogP contribution in [0.25, 0.3) is 0 Å². The first kappa shape index (κ1) is 19.4. The second-order valence-corrected chi connectivity index (χ2v) is 7.96. The summed E-state index contributed by atoms with van der Waals surface area (Å²) in [6.07, 6.45) is 0. The number of benzene rings is 2. The van der Waals surface area contributed by atoms with Crippen LogP contribution in [0, 0.1) is 6.92 Å². The maximum Gasteiger partial charge on any atom is 0.288 e. The van der Waals surface area contributed by atoms with Crippen molar-refractivity contribution in [2.45, 2.75) is 22.5 Å².